The molecule has 0 fully saturated rings. The molecule has 2 aromatic heterocycles. The van der Waals surface area contributed by atoms with Crippen molar-refractivity contribution in [3.05, 3.63) is 36.3 Å². The van der Waals surface area contributed by atoms with Crippen molar-refractivity contribution in [1.82, 2.24) is 14.3 Å². The van der Waals surface area contributed by atoms with Gasteiger partial charge >= 0.3 is 5.97 Å². The largest absolute Gasteiger partial charge is 0.480 e. The van der Waals surface area contributed by atoms with E-state index in [2.05, 4.69) is 10.4 Å². The van der Waals surface area contributed by atoms with Crippen molar-refractivity contribution in [1.29, 1.82) is 0 Å². The summed E-state index contributed by atoms with van der Waals surface area (Å²) >= 11 is 0. The van der Waals surface area contributed by atoms with Crippen LogP contribution in [-0.2, 0) is 18.4 Å². The van der Waals surface area contributed by atoms with Gasteiger partial charge in [0.25, 0.3) is 5.91 Å². The SMILES string of the molecule is Cn1ccc(NC(=O)c2cccn2CC(=O)O)n1. The molecule has 2 aromatic rings. The predicted octanol–water partition coefficient (Wildman–Crippen LogP) is 0.558. The van der Waals surface area contributed by atoms with Crippen molar-refractivity contribution in [3.8, 4) is 0 Å². The van der Waals surface area contributed by atoms with Crippen LogP contribution in [0.3, 0.4) is 0 Å². The molecule has 0 aliphatic carbocycles. The average molecular weight is 248 g/mol. The Bertz CT molecular complexity index is 585. The molecule has 7 nitrogen and oxygen atoms in total. The zero-order valence-corrected chi connectivity index (χ0v) is 9.70. The van der Waals surface area contributed by atoms with Crippen LogP contribution in [0.4, 0.5) is 5.82 Å². The molecule has 0 aliphatic rings. The Kier molecular flexibility index (Phi) is 3.13. The van der Waals surface area contributed by atoms with E-state index in [1.807, 2.05) is 0 Å². The number of aromatic nitrogens is 3. The van der Waals surface area contributed by atoms with Crippen LogP contribution in [0, 0.1) is 0 Å². The van der Waals surface area contributed by atoms with Gasteiger partial charge in [-0.3, -0.25) is 14.3 Å². The molecular formula is C11H12N4O3. The lowest BCUT2D eigenvalue weighted by Gasteiger charge is -2.05. The molecule has 0 unspecified atom stereocenters. The van der Waals surface area contributed by atoms with Crippen LogP contribution in [0.25, 0.3) is 0 Å². The third kappa shape index (κ3) is 2.57. The molecule has 0 saturated carbocycles. The molecule has 1 amide bonds. The lowest BCUT2D eigenvalue weighted by molar-refractivity contribution is -0.137. The molecule has 0 spiro atoms. The molecule has 0 atom stereocenters. The number of hydrogen-bond acceptors (Lipinski definition) is 3. The fourth-order valence-electron chi connectivity index (χ4n) is 1.57. The summed E-state index contributed by atoms with van der Waals surface area (Å²) in [7, 11) is 1.74. The molecule has 0 aromatic carbocycles. The second-order valence-electron chi connectivity index (χ2n) is 3.74. The van der Waals surface area contributed by atoms with Crippen molar-refractivity contribution in [2.45, 2.75) is 6.54 Å². The van der Waals surface area contributed by atoms with E-state index in [1.165, 1.54) is 4.57 Å². The van der Waals surface area contributed by atoms with Crippen molar-refractivity contribution in [2.24, 2.45) is 7.05 Å². The number of aliphatic carboxylic acids is 1. The molecule has 18 heavy (non-hydrogen) atoms. The highest BCUT2D eigenvalue weighted by atomic mass is 16.4. The number of aryl methyl sites for hydroxylation is 1. The summed E-state index contributed by atoms with van der Waals surface area (Å²) < 4.78 is 2.92. The van der Waals surface area contributed by atoms with Gasteiger partial charge in [-0.2, -0.15) is 5.10 Å². The smallest absolute Gasteiger partial charge is 0.323 e. The zero-order chi connectivity index (χ0) is 13.1. The Labute approximate surface area is 103 Å². The Balaban J connectivity index is 2.14. The van der Waals surface area contributed by atoms with E-state index >= 15 is 0 Å². The number of nitrogens with zero attached hydrogens (tertiary/aromatic N) is 3. The number of carboxylic acids is 1. The number of amides is 1. The van der Waals surface area contributed by atoms with Crippen LogP contribution in [0.5, 0.6) is 0 Å². The quantitative estimate of drug-likeness (QED) is 0.827. The van der Waals surface area contributed by atoms with Gasteiger partial charge in [-0.1, -0.05) is 0 Å². The molecule has 0 aliphatic heterocycles. The monoisotopic (exact) mass is 248 g/mol. The van der Waals surface area contributed by atoms with Gasteiger partial charge in [0, 0.05) is 25.5 Å². The first-order valence-electron chi connectivity index (χ1n) is 5.24. The lowest BCUT2D eigenvalue weighted by atomic mass is 10.4. The molecule has 2 rings (SSSR count). The normalized spacial score (nSPS) is 10.3. The number of carbonyl (C=O) groups is 2. The fourth-order valence-corrected chi connectivity index (χ4v) is 1.57. The minimum Gasteiger partial charge on any atom is -0.480 e. The van der Waals surface area contributed by atoms with Gasteiger partial charge in [0.1, 0.15) is 12.2 Å². The number of rotatable bonds is 4. The Morgan fingerprint density at radius 3 is 2.78 bits per heavy atom. The van der Waals surface area contributed by atoms with E-state index in [-0.39, 0.29) is 18.1 Å². The van der Waals surface area contributed by atoms with E-state index in [4.69, 9.17) is 5.11 Å². The second kappa shape index (κ2) is 4.74. The number of anilines is 1. The zero-order valence-electron chi connectivity index (χ0n) is 9.70. The summed E-state index contributed by atoms with van der Waals surface area (Å²) in [5.41, 5.74) is 0.281. The Morgan fingerprint density at radius 2 is 2.17 bits per heavy atom. The van der Waals surface area contributed by atoms with Crippen LogP contribution in [0.2, 0.25) is 0 Å². The van der Waals surface area contributed by atoms with Crippen molar-refractivity contribution in [2.75, 3.05) is 5.32 Å². The van der Waals surface area contributed by atoms with E-state index in [9.17, 15) is 9.59 Å². The first-order chi connectivity index (χ1) is 8.56. The molecular weight excluding hydrogens is 236 g/mol. The van der Waals surface area contributed by atoms with E-state index in [1.54, 1.807) is 42.3 Å². The number of carboxylic acid groups (broad SMARTS) is 1. The molecule has 2 N–H and O–H groups in total. The Morgan fingerprint density at radius 1 is 1.39 bits per heavy atom. The maximum absolute atomic E-state index is 11.9. The molecule has 2 heterocycles. The molecule has 0 radical (unpaired) electrons. The minimum atomic E-state index is -1.00. The fraction of sp³-hybridized carbons (Fsp3) is 0.182. The maximum atomic E-state index is 11.9. The summed E-state index contributed by atoms with van der Waals surface area (Å²) in [6, 6.07) is 4.83. The summed E-state index contributed by atoms with van der Waals surface area (Å²) in [6.07, 6.45) is 3.24. The summed E-state index contributed by atoms with van der Waals surface area (Å²) in [4.78, 5) is 22.5. The first kappa shape index (κ1) is 11.9. The van der Waals surface area contributed by atoms with E-state index < -0.39 is 5.97 Å². The third-order valence-corrected chi connectivity index (χ3v) is 2.32. The molecule has 0 saturated heterocycles. The van der Waals surface area contributed by atoms with Gasteiger partial charge in [-0.15, -0.1) is 0 Å². The third-order valence-electron chi connectivity index (χ3n) is 2.32. The lowest BCUT2D eigenvalue weighted by Crippen LogP contribution is -2.19. The van der Waals surface area contributed by atoms with Crippen LogP contribution in [-0.4, -0.2) is 31.3 Å². The van der Waals surface area contributed by atoms with Crippen LogP contribution < -0.4 is 5.32 Å². The van der Waals surface area contributed by atoms with Gasteiger partial charge in [0.15, 0.2) is 5.82 Å². The van der Waals surface area contributed by atoms with Gasteiger partial charge in [-0.25, -0.2) is 0 Å². The number of hydrogen-bond donors (Lipinski definition) is 2. The summed E-state index contributed by atoms with van der Waals surface area (Å²) in [5, 5.41) is 15.3. The molecule has 94 valence electrons. The van der Waals surface area contributed by atoms with E-state index in [0.717, 1.165) is 0 Å². The highest BCUT2D eigenvalue weighted by molar-refractivity contribution is 6.02. The minimum absolute atomic E-state index is 0.252. The summed E-state index contributed by atoms with van der Waals surface area (Å²) in [5.74, 6) is -0.969. The number of nitrogens with one attached hydrogen (secondary N) is 1. The molecule has 7 heteroatoms. The highest BCUT2D eigenvalue weighted by Gasteiger charge is 2.13. The average Bonchev–Trinajstić information content (AvgIpc) is 2.87. The predicted molar refractivity (Wildman–Crippen MR) is 63.2 cm³/mol. The van der Waals surface area contributed by atoms with Crippen molar-refractivity contribution in [3.63, 3.8) is 0 Å². The molecule has 0 bridgehead atoms. The number of carbonyl (C=O) groups excluding carboxylic acids is 1. The van der Waals surface area contributed by atoms with Gasteiger partial charge in [0.05, 0.1) is 0 Å². The Hall–Kier alpha value is -2.57. The van der Waals surface area contributed by atoms with Crippen molar-refractivity contribution < 1.29 is 14.7 Å². The van der Waals surface area contributed by atoms with Crippen LogP contribution in [0.1, 0.15) is 10.5 Å². The van der Waals surface area contributed by atoms with E-state index in [0.29, 0.717) is 5.82 Å². The first-order valence-corrected chi connectivity index (χ1v) is 5.24. The topological polar surface area (TPSA) is 89.2 Å². The van der Waals surface area contributed by atoms with Crippen LogP contribution >= 0.6 is 0 Å². The van der Waals surface area contributed by atoms with Crippen LogP contribution in [0.15, 0.2) is 30.6 Å². The standard InChI is InChI=1S/C11H12N4O3/c1-14-6-4-9(13-14)12-11(18)8-3-2-5-15(8)7-10(16)17/h2-6H,7H2,1H3,(H,16,17)(H,12,13,18). The maximum Gasteiger partial charge on any atom is 0.323 e. The second-order valence-corrected chi connectivity index (χ2v) is 3.74. The van der Waals surface area contributed by atoms with Crippen molar-refractivity contribution >= 4 is 17.7 Å². The van der Waals surface area contributed by atoms with Gasteiger partial charge in [-0.05, 0) is 12.1 Å². The van der Waals surface area contributed by atoms with Gasteiger partial charge in [0.2, 0.25) is 0 Å². The highest BCUT2D eigenvalue weighted by Crippen LogP contribution is 2.07. The van der Waals surface area contributed by atoms with Gasteiger partial charge < -0.3 is 15.0 Å². The summed E-state index contributed by atoms with van der Waals surface area (Å²) in [6.45, 7) is -0.252.